The molecule has 0 spiro atoms. The normalized spacial score (nSPS) is 13.4. The lowest BCUT2D eigenvalue weighted by Crippen LogP contribution is -2.41. The van der Waals surface area contributed by atoms with Gasteiger partial charge in [-0.25, -0.2) is 8.42 Å². The number of hydrogen-bond donors (Lipinski definition) is 2. The highest BCUT2D eigenvalue weighted by Crippen LogP contribution is 2.19. The summed E-state index contributed by atoms with van der Waals surface area (Å²) >= 11 is 0. The Morgan fingerprint density at radius 3 is 2.20 bits per heavy atom. The summed E-state index contributed by atoms with van der Waals surface area (Å²) in [5.41, 5.74) is 4.34. The summed E-state index contributed by atoms with van der Waals surface area (Å²) in [6.07, 6.45) is 2.27. The molecule has 2 aromatic rings. The fourth-order valence-corrected chi connectivity index (χ4v) is 4.37. The molecule has 0 aliphatic rings. The first-order valence-electron chi connectivity index (χ1n) is 10.1. The number of nitrogens with one attached hydrogen (secondary N) is 2. The SMILES string of the molecule is CCc1ccc(C(CNC(=NC)NCc2ccc(S(C)(=O)=O)c(C)c2)N(C)C)cc1. The number of hydrogen-bond acceptors (Lipinski definition) is 4. The van der Waals surface area contributed by atoms with E-state index in [4.69, 9.17) is 0 Å². The van der Waals surface area contributed by atoms with Crippen LogP contribution in [0.4, 0.5) is 0 Å². The van der Waals surface area contributed by atoms with Crippen LogP contribution < -0.4 is 10.6 Å². The number of rotatable bonds is 8. The van der Waals surface area contributed by atoms with Gasteiger partial charge in [0.25, 0.3) is 0 Å². The minimum absolute atomic E-state index is 0.214. The molecule has 2 aromatic carbocycles. The molecule has 2 N–H and O–H groups in total. The van der Waals surface area contributed by atoms with Crippen LogP contribution in [0.3, 0.4) is 0 Å². The molecular weight excluding hydrogens is 396 g/mol. The largest absolute Gasteiger partial charge is 0.354 e. The molecule has 2 rings (SSSR count). The lowest BCUT2D eigenvalue weighted by atomic mass is 10.0. The van der Waals surface area contributed by atoms with Gasteiger partial charge in [-0.05, 0) is 55.8 Å². The van der Waals surface area contributed by atoms with Gasteiger partial charge < -0.3 is 15.5 Å². The lowest BCUT2D eigenvalue weighted by Gasteiger charge is -2.26. The van der Waals surface area contributed by atoms with Crippen molar-refractivity contribution >= 4 is 15.8 Å². The van der Waals surface area contributed by atoms with Gasteiger partial charge in [0.15, 0.2) is 15.8 Å². The van der Waals surface area contributed by atoms with Crippen LogP contribution in [0, 0.1) is 6.92 Å². The van der Waals surface area contributed by atoms with Gasteiger partial charge in [0.05, 0.1) is 10.9 Å². The molecule has 0 saturated heterocycles. The third kappa shape index (κ3) is 6.57. The summed E-state index contributed by atoms with van der Waals surface area (Å²) < 4.78 is 23.6. The molecule has 0 bridgehead atoms. The average molecular weight is 431 g/mol. The second kappa shape index (κ2) is 10.6. The van der Waals surface area contributed by atoms with E-state index >= 15 is 0 Å². The smallest absolute Gasteiger partial charge is 0.191 e. The van der Waals surface area contributed by atoms with E-state index in [2.05, 4.69) is 65.8 Å². The zero-order valence-corrected chi connectivity index (χ0v) is 19.7. The second-order valence-electron chi connectivity index (χ2n) is 7.75. The number of aliphatic imine (C=N–C) groups is 1. The van der Waals surface area contributed by atoms with E-state index in [1.54, 1.807) is 13.1 Å². The molecule has 0 amide bonds. The van der Waals surface area contributed by atoms with Gasteiger partial charge >= 0.3 is 0 Å². The fourth-order valence-electron chi connectivity index (χ4n) is 3.41. The standard InChI is InChI=1S/C23H34N4O2S/c1-7-18-8-11-20(12-9-18)21(27(4)5)16-26-23(24-3)25-15-19-10-13-22(17(2)14-19)30(6,28)29/h8-14,21H,7,15-16H2,1-6H3,(H2,24,25,26). The maximum absolute atomic E-state index is 11.8. The van der Waals surface area contributed by atoms with Gasteiger partial charge in [-0.3, -0.25) is 4.99 Å². The summed E-state index contributed by atoms with van der Waals surface area (Å²) in [6.45, 7) is 5.25. The molecule has 6 nitrogen and oxygen atoms in total. The first-order valence-corrected chi connectivity index (χ1v) is 12.0. The average Bonchev–Trinajstić information content (AvgIpc) is 2.69. The topological polar surface area (TPSA) is 73.8 Å². The van der Waals surface area contributed by atoms with Crippen molar-refractivity contribution in [1.82, 2.24) is 15.5 Å². The Labute approximate surface area is 181 Å². The Morgan fingerprint density at radius 1 is 1.07 bits per heavy atom. The Hall–Kier alpha value is -2.38. The van der Waals surface area contributed by atoms with E-state index in [0.717, 1.165) is 17.5 Å². The van der Waals surface area contributed by atoms with E-state index in [1.165, 1.54) is 17.4 Å². The molecule has 0 fully saturated rings. The lowest BCUT2D eigenvalue weighted by molar-refractivity contribution is 0.298. The summed E-state index contributed by atoms with van der Waals surface area (Å²) in [5.74, 6) is 0.705. The molecule has 0 aliphatic carbocycles. The summed E-state index contributed by atoms with van der Waals surface area (Å²) in [4.78, 5) is 6.88. The molecule has 1 unspecified atom stereocenters. The van der Waals surface area contributed by atoms with Crippen LogP contribution in [-0.4, -0.2) is 53.2 Å². The summed E-state index contributed by atoms with van der Waals surface area (Å²) in [7, 11) is 2.68. The van der Waals surface area contributed by atoms with Gasteiger partial charge in [0.1, 0.15) is 0 Å². The van der Waals surface area contributed by atoms with Crippen molar-refractivity contribution in [2.24, 2.45) is 4.99 Å². The second-order valence-corrected chi connectivity index (χ2v) is 9.74. The van der Waals surface area contributed by atoms with Crippen molar-refractivity contribution in [2.45, 2.75) is 37.8 Å². The number of benzene rings is 2. The van der Waals surface area contributed by atoms with Crippen molar-refractivity contribution in [2.75, 3.05) is 33.9 Å². The monoisotopic (exact) mass is 430 g/mol. The van der Waals surface area contributed by atoms with E-state index in [-0.39, 0.29) is 6.04 Å². The first kappa shape index (κ1) is 23.9. The molecule has 164 valence electrons. The molecular formula is C23H34N4O2S. The third-order valence-corrected chi connectivity index (χ3v) is 6.44. The summed E-state index contributed by atoms with van der Waals surface area (Å²) in [5, 5.41) is 6.71. The predicted octanol–water partition coefficient (Wildman–Crippen LogP) is 2.93. The van der Waals surface area contributed by atoms with Crippen LogP contribution in [0.25, 0.3) is 0 Å². The predicted molar refractivity (Wildman–Crippen MR) is 125 cm³/mol. The molecule has 0 saturated carbocycles. The van der Waals surface area contributed by atoms with Gasteiger partial charge in [-0.2, -0.15) is 0 Å². The Kier molecular flexibility index (Phi) is 8.43. The van der Waals surface area contributed by atoms with Crippen LogP contribution in [0.15, 0.2) is 52.4 Å². The number of aryl methyl sites for hydroxylation is 2. The molecule has 7 heteroatoms. The molecule has 0 radical (unpaired) electrons. The molecule has 1 atom stereocenters. The van der Waals surface area contributed by atoms with E-state index in [9.17, 15) is 8.42 Å². The number of sulfone groups is 1. The van der Waals surface area contributed by atoms with Crippen molar-refractivity contribution in [3.63, 3.8) is 0 Å². The maximum Gasteiger partial charge on any atom is 0.191 e. The van der Waals surface area contributed by atoms with Crippen LogP contribution >= 0.6 is 0 Å². The molecule has 30 heavy (non-hydrogen) atoms. The third-order valence-electron chi connectivity index (χ3n) is 5.18. The van der Waals surface area contributed by atoms with Crippen molar-refractivity contribution < 1.29 is 8.42 Å². The molecule has 0 aliphatic heterocycles. The van der Waals surface area contributed by atoms with Gasteiger partial charge in [0, 0.05) is 26.4 Å². The van der Waals surface area contributed by atoms with Gasteiger partial charge in [0.2, 0.25) is 0 Å². The zero-order chi connectivity index (χ0) is 22.3. The van der Waals surface area contributed by atoms with Crippen molar-refractivity contribution in [3.8, 4) is 0 Å². The number of guanidine groups is 1. The highest BCUT2D eigenvalue weighted by molar-refractivity contribution is 7.90. The summed E-state index contributed by atoms with van der Waals surface area (Å²) in [6, 6.07) is 14.4. The van der Waals surface area contributed by atoms with Crippen LogP contribution in [0.2, 0.25) is 0 Å². The first-order chi connectivity index (χ1) is 14.2. The van der Waals surface area contributed by atoms with Crippen molar-refractivity contribution in [1.29, 1.82) is 0 Å². The van der Waals surface area contributed by atoms with Crippen molar-refractivity contribution in [3.05, 3.63) is 64.7 Å². The number of nitrogens with zero attached hydrogens (tertiary/aromatic N) is 2. The van der Waals surface area contributed by atoms with E-state index in [0.29, 0.717) is 23.9 Å². The Morgan fingerprint density at radius 2 is 1.70 bits per heavy atom. The minimum atomic E-state index is -3.20. The Bertz CT molecular complexity index is 967. The van der Waals surface area contributed by atoms with E-state index < -0.39 is 9.84 Å². The van der Waals surface area contributed by atoms with Gasteiger partial charge in [-0.1, -0.05) is 43.3 Å². The minimum Gasteiger partial charge on any atom is -0.354 e. The quantitative estimate of drug-likeness (QED) is 0.498. The van der Waals surface area contributed by atoms with Crippen LogP contribution in [-0.2, 0) is 22.8 Å². The van der Waals surface area contributed by atoms with E-state index in [1.807, 2.05) is 19.1 Å². The molecule has 0 aromatic heterocycles. The highest BCUT2D eigenvalue weighted by Gasteiger charge is 2.15. The molecule has 0 heterocycles. The highest BCUT2D eigenvalue weighted by atomic mass is 32.2. The van der Waals surface area contributed by atoms with Gasteiger partial charge in [-0.15, -0.1) is 0 Å². The Balaban J connectivity index is 2.00. The fraction of sp³-hybridized carbons (Fsp3) is 0.435. The van der Waals surface area contributed by atoms with Crippen LogP contribution in [0.5, 0.6) is 0 Å². The van der Waals surface area contributed by atoms with Crippen LogP contribution in [0.1, 0.15) is 35.2 Å². The number of likely N-dealkylation sites (N-methyl/N-ethyl adjacent to an activating group) is 1. The maximum atomic E-state index is 11.8. The zero-order valence-electron chi connectivity index (χ0n) is 18.9.